The molecule has 5 heteroatoms. The number of benzene rings is 1. The van der Waals surface area contributed by atoms with E-state index >= 15 is 0 Å². The summed E-state index contributed by atoms with van der Waals surface area (Å²) in [5.74, 6) is 0.125. The molecule has 1 heterocycles. The molecule has 1 aliphatic heterocycles. The molecule has 0 amide bonds. The van der Waals surface area contributed by atoms with Crippen LogP contribution in [-0.4, -0.2) is 54.3 Å². The maximum atomic E-state index is 12.1. The molecular weight excluding hydrogens is 268 g/mol. The summed E-state index contributed by atoms with van der Waals surface area (Å²) >= 11 is 0. The van der Waals surface area contributed by atoms with E-state index in [4.69, 9.17) is 4.74 Å². The van der Waals surface area contributed by atoms with E-state index in [1.54, 1.807) is 12.1 Å². The highest BCUT2D eigenvalue weighted by molar-refractivity contribution is 5.76. The number of carbonyl (C=O) groups excluding carboxylic acids is 1. The molecule has 1 aromatic carbocycles. The highest BCUT2D eigenvalue weighted by Gasteiger charge is 2.32. The first-order chi connectivity index (χ1) is 10.1. The highest BCUT2D eigenvalue weighted by Crippen LogP contribution is 2.16. The van der Waals surface area contributed by atoms with Crippen molar-refractivity contribution in [2.75, 3.05) is 26.2 Å². The molecular formula is C16H24N2O3. The molecule has 0 aliphatic carbocycles. The number of esters is 1. The first-order valence-corrected chi connectivity index (χ1v) is 7.52. The van der Waals surface area contributed by atoms with Gasteiger partial charge in [0, 0.05) is 25.7 Å². The van der Waals surface area contributed by atoms with Gasteiger partial charge in [-0.3, -0.25) is 9.69 Å². The van der Waals surface area contributed by atoms with Crippen molar-refractivity contribution in [2.24, 2.45) is 0 Å². The molecule has 2 atom stereocenters. The van der Waals surface area contributed by atoms with Gasteiger partial charge in [-0.15, -0.1) is 0 Å². The smallest absolute Gasteiger partial charge is 0.324 e. The van der Waals surface area contributed by atoms with Gasteiger partial charge in [-0.25, -0.2) is 0 Å². The molecule has 2 unspecified atom stereocenters. The van der Waals surface area contributed by atoms with Crippen molar-refractivity contribution in [3.63, 3.8) is 0 Å². The van der Waals surface area contributed by atoms with Crippen LogP contribution in [0.5, 0.6) is 5.75 Å². The minimum absolute atomic E-state index is 0.151. The Balaban J connectivity index is 2.02. The van der Waals surface area contributed by atoms with Crippen molar-refractivity contribution in [3.05, 3.63) is 29.8 Å². The second kappa shape index (κ2) is 7.43. The van der Waals surface area contributed by atoms with Gasteiger partial charge in [0.2, 0.25) is 0 Å². The molecule has 21 heavy (non-hydrogen) atoms. The van der Waals surface area contributed by atoms with E-state index in [-0.39, 0.29) is 23.8 Å². The molecule has 1 aliphatic rings. The first kappa shape index (κ1) is 15.8. The topological polar surface area (TPSA) is 61.8 Å². The van der Waals surface area contributed by atoms with Gasteiger partial charge in [-0.1, -0.05) is 12.1 Å². The second-order valence-electron chi connectivity index (χ2n) is 5.43. The summed E-state index contributed by atoms with van der Waals surface area (Å²) < 4.78 is 5.17. The number of phenols is 1. The quantitative estimate of drug-likeness (QED) is 0.798. The van der Waals surface area contributed by atoms with Crippen LogP contribution in [-0.2, 0) is 16.0 Å². The fourth-order valence-electron chi connectivity index (χ4n) is 2.80. The van der Waals surface area contributed by atoms with Gasteiger partial charge in [0.05, 0.1) is 6.61 Å². The van der Waals surface area contributed by atoms with Gasteiger partial charge < -0.3 is 15.2 Å². The lowest BCUT2D eigenvalue weighted by molar-refractivity contribution is -0.151. The lowest BCUT2D eigenvalue weighted by Crippen LogP contribution is -2.58. The van der Waals surface area contributed by atoms with E-state index in [2.05, 4.69) is 17.1 Å². The summed E-state index contributed by atoms with van der Waals surface area (Å²) in [4.78, 5) is 14.3. The van der Waals surface area contributed by atoms with E-state index in [9.17, 15) is 9.90 Å². The van der Waals surface area contributed by atoms with Crippen LogP contribution in [0.2, 0.25) is 0 Å². The van der Waals surface area contributed by atoms with Gasteiger partial charge in [-0.05, 0) is 38.0 Å². The largest absolute Gasteiger partial charge is 0.508 e. The Kier molecular flexibility index (Phi) is 5.59. The number of carbonyl (C=O) groups is 1. The Morgan fingerprint density at radius 2 is 2.19 bits per heavy atom. The van der Waals surface area contributed by atoms with Crippen LogP contribution in [0.1, 0.15) is 19.4 Å². The maximum absolute atomic E-state index is 12.1. The first-order valence-electron chi connectivity index (χ1n) is 7.52. The molecule has 5 nitrogen and oxygen atoms in total. The average molecular weight is 292 g/mol. The van der Waals surface area contributed by atoms with Crippen molar-refractivity contribution < 1.29 is 14.6 Å². The van der Waals surface area contributed by atoms with Crippen molar-refractivity contribution in [3.8, 4) is 5.75 Å². The van der Waals surface area contributed by atoms with Gasteiger partial charge >= 0.3 is 5.97 Å². The van der Waals surface area contributed by atoms with Crippen LogP contribution < -0.4 is 5.32 Å². The van der Waals surface area contributed by atoms with E-state index in [1.807, 2.05) is 19.1 Å². The Labute approximate surface area is 125 Å². The Bertz CT molecular complexity index is 461. The number of nitrogens with one attached hydrogen (secondary N) is 1. The number of piperazine rings is 1. The molecule has 1 fully saturated rings. The highest BCUT2D eigenvalue weighted by atomic mass is 16.5. The van der Waals surface area contributed by atoms with E-state index < -0.39 is 0 Å². The lowest BCUT2D eigenvalue weighted by atomic mass is 10.0. The van der Waals surface area contributed by atoms with Crippen molar-refractivity contribution >= 4 is 5.97 Å². The molecule has 0 aromatic heterocycles. The number of hydrogen-bond donors (Lipinski definition) is 2. The Hall–Kier alpha value is -1.59. The van der Waals surface area contributed by atoms with Crippen LogP contribution >= 0.6 is 0 Å². The number of nitrogens with zero attached hydrogens (tertiary/aromatic N) is 1. The third kappa shape index (κ3) is 4.19. The van der Waals surface area contributed by atoms with Gasteiger partial charge in [0.25, 0.3) is 0 Å². The number of ether oxygens (including phenoxy) is 1. The minimum atomic E-state index is -0.217. The summed E-state index contributed by atoms with van der Waals surface area (Å²) in [6.07, 6.45) is 0.843. The molecule has 2 rings (SSSR count). The van der Waals surface area contributed by atoms with E-state index in [0.717, 1.165) is 25.1 Å². The normalized spacial score (nSPS) is 21.0. The molecule has 1 saturated heterocycles. The summed E-state index contributed by atoms with van der Waals surface area (Å²) in [7, 11) is 0. The van der Waals surface area contributed by atoms with Gasteiger partial charge in [0.1, 0.15) is 11.8 Å². The summed E-state index contributed by atoms with van der Waals surface area (Å²) in [6, 6.07) is 7.27. The van der Waals surface area contributed by atoms with Crippen LogP contribution in [0.15, 0.2) is 24.3 Å². The van der Waals surface area contributed by atoms with Crippen LogP contribution in [0.3, 0.4) is 0 Å². The van der Waals surface area contributed by atoms with E-state index in [1.165, 1.54) is 0 Å². The van der Waals surface area contributed by atoms with Crippen LogP contribution in [0.4, 0.5) is 0 Å². The summed E-state index contributed by atoms with van der Waals surface area (Å²) in [5.41, 5.74) is 1.15. The van der Waals surface area contributed by atoms with Crippen molar-refractivity contribution in [1.29, 1.82) is 0 Å². The predicted molar refractivity (Wildman–Crippen MR) is 81.3 cm³/mol. The average Bonchev–Trinajstić information content (AvgIpc) is 2.50. The zero-order valence-corrected chi connectivity index (χ0v) is 12.7. The third-order valence-corrected chi connectivity index (χ3v) is 3.88. The van der Waals surface area contributed by atoms with E-state index in [0.29, 0.717) is 13.2 Å². The standard InChI is InChI=1S/C16H24N2O3/c1-3-21-16(20)15-11-17-8-9-18(15)12(2)10-13-4-6-14(19)7-5-13/h4-7,12,15,17,19H,3,8-11H2,1-2H3. The van der Waals surface area contributed by atoms with Crippen molar-refractivity contribution in [2.45, 2.75) is 32.4 Å². The second-order valence-corrected chi connectivity index (χ2v) is 5.43. The molecule has 0 bridgehead atoms. The van der Waals surface area contributed by atoms with Crippen LogP contribution in [0.25, 0.3) is 0 Å². The SMILES string of the molecule is CCOC(=O)C1CNCCN1C(C)Cc1ccc(O)cc1. The molecule has 1 aromatic rings. The number of aromatic hydroxyl groups is 1. The zero-order chi connectivity index (χ0) is 15.2. The van der Waals surface area contributed by atoms with Crippen LogP contribution in [0, 0.1) is 0 Å². The summed E-state index contributed by atoms with van der Waals surface area (Å²) in [5, 5.41) is 12.6. The Morgan fingerprint density at radius 1 is 1.48 bits per heavy atom. The van der Waals surface area contributed by atoms with Gasteiger partial charge in [-0.2, -0.15) is 0 Å². The fourth-order valence-corrected chi connectivity index (χ4v) is 2.80. The molecule has 0 radical (unpaired) electrons. The Morgan fingerprint density at radius 3 is 2.86 bits per heavy atom. The number of hydrogen-bond acceptors (Lipinski definition) is 5. The zero-order valence-electron chi connectivity index (χ0n) is 12.7. The summed E-state index contributed by atoms with van der Waals surface area (Å²) in [6.45, 7) is 6.73. The molecule has 2 N–H and O–H groups in total. The lowest BCUT2D eigenvalue weighted by Gasteiger charge is -2.38. The monoisotopic (exact) mass is 292 g/mol. The predicted octanol–water partition coefficient (Wildman–Crippen LogP) is 1.16. The molecule has 0 saturated carbocycles. The molecule has 116 valence electrons. The third-order valence-electron chi connectivity index (χ3n) is 3.88. The van der Waals surface area contributed by atoms with Crippen molar-refractivity contribution in [1.82, 2.24) is 10.2 Å². The minimum Gasteiger partial charge on any atom is -0.508 e. The molecule has 0 spiro atoms. The fraction of sp³-hybridized carbons (Fsp3) is 0.562. The van der Waals surface area contributed by atoms with Gasteiger partial charge in [0.15, 0.2) is 0 Å². The number of rotatable bonds is 5. The number of phenolic OH excluding ortho intramolecular Hbond substituents is 1. The maximum Gasteiger partial charge on any atom is 0.324 e.